The van der Waals surface area contributed by atoms with Crippen LogP contribution in [0.25, 0.3) is 0 Å². The molecule has 0 bridgehead atoms. The number of benzene rings is 2. The van der Waals surface area contributed by atoms with Crippen molar-refractivity contribution < 1.29 is 9.53 Å². The average molecular weight is 492 g/mol. The van der Waals surface area contributed by atoms with Gasteiger partial charge in [0.05, 0.1) is 18.0 Å². The van der Waals surface area contributed by atoms with Gasteiger partial charge in [-0.3, -0.25) is 4.79 Å². The molecule has 6 heteroatoms. The molecule has 2 aromatic carbocycles. The summed E-state index contributed by atoms with van der Waals surface area (Å²) in [6.45, 7) is 0.581. The number of carbonyl (C=O) groups is 1. The lowest BCUT2D eigenvalue weighted by Gasteiger charge is -2.08. The molecular formula is C16H15BrINO2S. The highest BCUT2D eigenvalue weighted by Gasteiger charge is 2.05. The predicted molar refractivity (Wildman–Crippen MR) is 105 cm³/mol. The summed E-state index contributed by atoms with van der Waals surface area (Å²) >= 11 is 7.17. The van der Waals surface area contributed by atoms with Crippen molar-refractivity contribution in [3.05, 3.63) is 56.6 Å². The Morgan fingerprint density at radius 3 is 2.82 bits per heavy atom. The van der Waals surface area contributed by atoms with Crippen LogP contribution in [0.3, 0.4) is 0 Å². The maximum Gasteiger partial charge on any atom is 0.234 e. The molecule has 0 saturated heterocycles. The Hall–Kier alpha value is -0.730. The van der Waals surface area contributed by atoms with Gasteiger partial charge >= 0.3 is 0 Å². The van der Waals surface area contributed by atoms with E-state index in [1.807, 2.05) is 48.5 Å². The maximum absolute atomic E-state index is 11.9. The van der Waals surface area contributed by atoms with Crippen molar-refractivity contribution in [1.82, 2.24) is 0 Å². The van der Waals surface area contributed by atoms with Gasteiger partial charge < -0.3 is 10.1 Å². The third-order valence-corrected chi connectivity index (χ3v) is 5.03. The number of rotatable bonds is 7. The number of anilines is 1. The van der Waals surface area contributed by atoms with Gasteiger partial charge in [-0.2, -0.15) is 0 Å². The quantitative estimate of drug-likeness (QED) is 0.446. The minimum Gasteiger partial charge on any atom is -0.493 e. The molecule has 22 heavy (non-hydrogen) atoms. The number of nitrogens with one attached hydrogen (secondary N) is 1. The van der Waals surface area contributed by atoms with Crippen LogP contribution in [-0.4, -0.2) is 24.0 Å². The number of ether oxygens (including phenoxy) is 1. The number of carbonyl (C=O) groups excluding carboxylic acids is 1. The van der Waals surface area contributed by atoms with Crippen LogP contribution < -0.4 is 10.1 Å². The maximum atomic E-state index is 11.9. The topological polar surface area (TPSA) is 38.3 Å². The number of halogens is 2. The normalized spacial score (nSPS) is 10.3. The van der Waals surface area contributed by atoms with Crippen molar-refractivity contribution in [2.24, 2.45) is 0 Å². The standard InChI is InChI=1S/C16H15BrINO2S/c17-12-4-3-5-13(10-12)21-8-9-22-11-16(20)19-15-7-2-1-6-14(15)18/h1-7,10H,8-9,11H2,(H,19,20). The van der Waals surface area contributed by atoms with Crippen LogP contribution in [-0.2, 0) is 4.79 Å². The van der Waals surface area contributed by atoms with Gasteiger partial charge in [0, 0.05) is 13.8 Å². The van der Waals surface area contributed by atoms with Crippen LogP contribution in [0.1, 0.15) is 0 Å². The molecule has 1 N–H and O–H groups in total. The molecule has 3 nitrogen and oxygen atoms in total. The molecule has 2 rings (SSSR count). The molecular weight excluding hydrogens is 477 g/mol. The van der Waals surface area contributed by atoms with Crippen LogP contribution in [0.15, 0.2) is 53.0 Å². The monoisotopic (exact) mass is 491 g/mol. The highest BCUT2D eigenvalue weighted by atomic mass is 127. The van der Waals surface area contributed by atoms with Gasteiger partial charge in [-0.25, -0.2) is 0 Å². The molecule has 0 atom stereocenters. The highest BCUT2D eigenvalue weighted by Crippen LogP contribution is 2.19. The third-order valence-electron chi connectivity index (χ3n) is 2.67. The van der Waals surface area contributed by atoms with E-state index < -0.39 is 0 Å². The summed E-state index contributed by atoms with van der Waals surface area (Å²) in [5.41, 5.74) is 0.860. The van der Waals surface area contributed by atoms with Gasteiger partial charge in [-0.05, 0) is 52.9 Å². The zero-order valence-corrected chi connectivity index (χ0v) is 16.3. The molecule has 116 valence electrons. The molecule has 1 amide bonds. The van der Waals surface area contributed by atoms with Crippen LogP contribution in [0.4, 0.5) is 5.69 Å². The van der Waals surface area contributed by atoms with E-state index in [-0.39, 0.29) is 5.91 Å². The second kappa shape index (κ2) is 9.42. The van der Waals surface area contributed by atoms with Gasteiger partial charge in [0.15, 0.2) is 0 Å². The molecule has 0 spiro atoms. The Kier molecular flexibility index (Phi) is 7.54. The average Bonchev–Trinajstić information content (AvgIpc) is 2.49. The van der Waals surface area contributed by atoms with Crippen molar-refractivity contribution >= 4 is 61.9 Å². The van der Waals surface area contributed by atoms with E-state index in [0.717, 1.165) is 25.2 Å². The number of para-hydroxylation sites is 1. The minimum atomic E-state index is 0.0107. The van der Waals surface area contributed by atoms with Gasteiger partial charge in [-0.15, -0.1) is 11.8 Å². The van der Waals surface area contributed by atoms with Gasteiger partial charge in [-0.1, -0.05) is 34.1 Å². The Balaban J connectivity index is 1.64. The molecule has 0 heterocycles. The first kappa shape index (κ1) is 17.6. The van der Waals surface area contributed by atoms with E-state index in [0.29, 0.717) is 12.4 Å². The smallest absolute Gasteiger partial charge is 0.234 e. The van der Waals surface area contributed by atoms with E-state index in [2.05, 4.69) is 43.8 Å². The van der Waals surface area contributed by atoms with Crippen molar-refractivity contribution in [2.75, 3.05) is 23.4 Å². The van der Waals surface area contributed by atoms with Crippen LogP contribution in [0, 0.1) is 3.57 Å². The van der Waals surface area contributed by atoms with Crippen LogP contribution in [0.5, 0.6) is 5.75 Å². The first-order valence-electron chi connectivity index (χ1n) is 6.65. The summed E-state index contributed by atoms with van der Waals surface area (Å²) in [4.78, 5) is 11.9. The summed E-state index contributed by atoms with van der Waals surface area (Å²) in [5.74, 6) is 2.04. The predicted octanol–water partition coefficient (Wildman–Crippen LogP) is 4.80. The molecule has 0 fully saturated rings. The first-order chi connectivity index (χ1) is 10.6. The molecule has 0 aromatic heterocycles. The molecule has 0 radical (unpaired) electrons. The summed E-state index contributed by atoms with van der Waals surface area (Å²) in [6, 6.07) is 15.5. The molecule has 0 aliphatic heterocycles. The Morgan fingerprint density at radius 1 is 1.23 bits per heavy atom. The number of thioether (sulfide) groups is 1. The molecule has 0 aliphatic rings. The van der Waals surface area contributed by atoms with Crippen molar-refractivity contribution in [1.29, 1.82) is 0 Å². The van der Waals surface area contributed by atoms with E-state index in [9.17, 15) is 4.79 Å². The highest BCUT2D eigenvalue weighted by molar-refractivity contribution is 14.1. The second-order valence-corrected chi connectivity index (χ2v) is 7.57. The third kappa shape index (κ3) is 6.18. The summed E-state index contributed by atoms with van der Waals surface area (Å²) in [7, 11) is 0. The van der Waals surface area contributed by atoms with E-state index in [4.69, 9.17) is 4.74 Å². The van der Waals surface area contributed by atoms with E-state index in [1.54, 1.807) is 11.8 Å². The zero-order valence-electron chi connectivity index (χ0n) is 11.7. The van der Waals surface area contributed by atoms with Crippen LogP contribution >= 0.6 is 50.3 Å². The minimum absolute atomic E-state index is 0.0107. The number of hydrogen-bond acceptors (Lipinski definition) is 3. The Bertz CT molecular complexity index is 639. The number of hydrogen-bond donors (Lipinski definition) is 1. The first-order valence-corrected chi connectivity index (χ1v) is 9.68. The molecule has 2 aromatic rings. The van der Waals surface area contributed by atoms with Crippen molar-refractivity contribution in [3.8, 4) is 5.75 Å². The van der Waals surface area contributed by atoms with Crippen LogP contribution in [0.2, 0.25) is 0 Å². The van der Waals surface area contributed by atoms with Gasteiger partial charge in [0.2, 0.25) is 5.91 Å². The lowest BCUT2D eigenvalue weighted by molar-refractivity contribution is -0.113. The summed E-state index contributed by atoms with van der Waals surface area (Å²) in [6.07, 6.45) is 0. The summed E-state index contributed by atoms with van der Waals surface area (Å²) in [5, 5.41) is 2.91. The Morgan fingerprint density at radius 2 is 2.05 bits per heavy atom. The fourth-order valence-electron chi connectivity index (χ4n) is 1.69. The van der Waals surface area contributed by atoms with Gasteiger partial charge in [0.25, 0.3) is 0 Å². The van der Waals surface area contributed by atoms with Crippen molar-refractivity contribution in [3.63, 3.8) is 0 Å². The summed E-state index contributed by atoms with van der Waals surface area (Å²) < 4.78 is 7.66. The lowest BCUT2D eigenvalue weighted by Crippen LogP contribution is -2.15. The number of amides is 1. The van der Waals surface area contributed by atoms with Gasteiger partial charge in [0.1, 0.15) is 5.75 Å². The fourth-order valence-corrected chi connectivity index (χ4v) is 3.19. The molecule has 0 aliphatic carbocycles. The van der Waals surface area contributed by atoms with E-state index >= 15 is 0 Å². The van der Waals surface area contributed by atoms with Crippen molar-refractivity contribution in [2.45, 2.75) is 0 Å². The largest absolute Gasteiger partial charge is 0.493 e. The molecule has 0 saturated carbocycles. The fraction of sp³-hybridized carbons (Fsp3) is 0.188. The molecule has 0 unspecified atom stereocenters. The second-order valence-electron chi connectivity index (χ2n) is 4.39. The lowest BCUT2D eigenvalue weighted by atomic mass is 10.3. The van der Waals surface area contributed by atoms with E-state index in [1.165, 1.54) is 0 Å². The Labute approximate surface area is 156 Å². The SMILES string of the molecule is O=C(CSCCOc1cccc(Br)c1)Nc1ccccc1I. The zero-order chi connectivity index (χ0) is 15.8.